The van der Waals surface area contributed by atoms with Gasteiger partial charge in [0.15, 0.2) is 6.61 Å². The second-order valence-corrected chi connectivity index (χ2v) is 11.7. The van der Waals surface area contributed by atoms with Crippen LogP contribution in [0.1, 0.15) is 34.3 Å². The summed E-state index contributed by atoms with van der Waals surface area (Å²) in [4.78, 5) is 64.7. The van der Waals surface area contributed by atoms with Crippen molar-refractivity contribution in [2.75, 3.05) is 29.1 Å². The van der Waals surface area contributed by atoms with Crippen molar-refractivity contribution in [1.29, 1.82) is 0 Å². The molecule has 0 atom stereocenters. The average Bonchev–Trinajstić information content (AvgIpc) is 3.86. The van der Waals surface area contributed by atoms with Crippen LogP contribution in [0.4, 0.5) is 36.4 Å². The van der Waals surface area contributed by atoms with E-state index in [9.17, 15) is 37.5 Å². The van der Waals surface area contributed by atoms with Crippen LogP contribution < -0.4 is 26.0 Å². The molecule has 18 heteroatoms. The van der Waals surface area contributed by atoms with Crippen molar-refractivity contribution in [1.82, 2.24) is 20.3 Å². The van der Waals surface area contributed by atoms with E-state index in [1.165, 1.54) is 24.3 Å². The number of ether oxygens (including phenoxy) is 1. The molecule has 0 saturated heterocycles. The topological polar surface area (TPSA) is 197 Å². The Morgan fingerprint density at radius 1 is 0.882 bits per heavy atom. The lowest BCUT2D eigenvalue weighted by molar-refractivity contribution is -0.154. The van der Waals surface area contributed by atoms with E-state index in [1.807, 2.05) is 19.1 Å². The van der Waals surface area contributed by atoms with Gasteiger partial charge >= 0.3 is 30.0 Å². The summed E-state index contributed by atoms with van der Waals surface area (Å²) < 4.78 is 43.5. The summed E-state index contributed by atoms with van der Waals surface area (Å²) in [6.07, 6.45) is -3.26. The molecule has 1 aliphatic carbocycles. The molecule has 1 aromatic heterocycles. The molecule has 1 heterocycles. The highest BCUT2D eigenvalue weighted by atomic mass is 35.5. The average molecular weight is 725 g/mol. The molecule has 264 valence electrons. The predicted molar refractivity (Wildman–Crippen MR) is 179 cm³/mol. The standard InChI is InChI=1S/C33H28ClF3N8O6/c1-18-2-10-22(11-3-18)39-27(48)26(47)38-16-24(28(49)50)41-25(46)19-4-12-23(13-5-19)40-29-42-30(44-31(43-29)51-17-33(35,36)37)45-32(14-15-32)20-6-8-21(34)9-7-20/h2-13H,14-17H2,1H3,(H,38,47)(H,39,48)(H,49,50)(H2,40,42,43,44,45). The zero-order valence-corrected chi connectivity index (χ0v) is 27.3. The predicted octanol–water partition coefficient (Wildman–Crippen LogP) is 5.04. The lowest BCUT2D eigenvalue weighted by Gasteiger charge is -2.19. The van der Waals surface area contributed by atoms with Crippen molar-refractivity contribution < 1.29 is 42.2 Å². The molecule has 1 fully saturated rings. The summed E-state index contributed by atoms with van der Waals surface area (Å²) in [6, 6.07) is 18.4. The second kappa shape index (κ2) is 15.2. The fourth-order valence-electron chi connectivity index (χ4n) is 4.52. The lowest BCUT2D eigenvalue weighted by atomic mass is 10.1. The molecule has 0 aliphatic heterocycles. The van der Waals surface area contributed by atoms with Gasteiger partial charge < -0.3 is 31.1 Å². The van der Waals surface area contributed by atoms with E-state index in [0.717, 1.165) is 11.1 Å². The van der Waals surface area contributed by atoms with Crippen LogP contribution in [0, 0.1) is 6.92 Å². The van der Waals surface area contributed by atoms with Crippen molar-refractivity contribution in [2.24, 2.45) is 4.99 Å². The van der Waals surface area contributed by atoms with E-state index in [1.54, 1.807) is 36.4 Å². The minimum Gasteiger partial charge on any atom is -0.477 e. The Labute approximate surface area is 292 Å². The number of nitrogens with zero attached hydrogens (tertiary/aromatic N) is 4. The zero-order chi connectivity index (χ0) is 36.8. The number of halogens is 4. The molecule has 1 aliphatic rings. The second-order valence-electron chi connectivity index (χ2n) is 11.3. The van der Waals surface area contributed by atoms with Crippen LogP contribution in [0.2, 0.25) is 5.02 Å². The van der Waals surface area contributed by atoms with Crippen molar-refractivity contribution in [3.05, 3.63) is 94.5 Å². The summed E-state index contributed by atoms with van der Waals surface area (Å²) in [5.74, 6) is -5.00. The number of aliphatic carboxylic acids is 1. The molecule has 3 aromatic carbocycles. The van der Waals surface area contributed by atoms with Gasteiger partial charge in [-0.3, -0.25) is 14.4 Å². The number of anilines is 4. The van der Waals surface area contributed by atoms with Crippen LogP contribution in [0.15, 0.2) is 77.8 Å². The minimum absolute atomic E-state index is 0.0476. The maximum absolute atomic E-state index is 12.9. The number of aliphatic imine (C=N–C) groups is 1. The Balaban J connectivity index is 1.25. The fourth-order valence-corrected chi connectivity index (χ4v) is 4.64. The molecule has 1 saturated carbocycles. The van der Waals surface area contributed by atoms with Gasteiger partial charge in [0.05, 0.1) is 12.1 Å². The van der Waals surface area contributed by atoms with Gasteiger partial charge in [-0.15, -0.1) is 0 Å². The summed E-state index contributed by atoms with van der Waals surface area (Å²) in [6.45, 7) is -0.526. The number of benzene rings is 3. The third kappa shape index (κ3) is 10.2. The number of hydrogen-bond acceptors (Lipinski definition) is 10. The number of carbonyl (C=O) groups is 4. The smallest absolute Gasteiger partial charge is 0.422 e. The fraction of sp³-hybridized carbons (Fsp3) is 0.212. The largest absolute Gasteiger partial charge is 0.477 e. The molecule has 0 radical (unpaired) electrons. The Morgan fingerprint density at radius 3 is 2.12 bits per heavy atom. The zero-order valence-electron chi connectivity index (χ0n) is 26.5. The van der Waals surface area contributed by atoms with Crippen LogP contribution >= 0.6 is 11.6 Å². The van der Waals surface area contributed by atoms with E-state index in [4.69, 9.17) is 16.3 Å². The van der Waals surface area contributed by atoms with E-state index >= 15 is 0 Å². The van der Waals surface area contributed by atoms with Gasteiger partial charge in [-0.05, 0) is 73.9 Å². The first-order valence-electron chi connectivity index (χ1n) is 15.1. The van der Waals surface area contributed by atoms with Gasteiger partial charge in [-0.2, -0.15) is 28.1 Å². The number of carboxylic acid groups (broad SMARTS) is 1. The Kier molecular flexibility index (Phi) is 10.8. The number of alkyl halides is 3. The first kappa shape index (κ1) is 36.2. The summed E-state index contributed by atoms with van der Waals surface area (Å²) in [7, 11) is 0. The van der Waals surface area contributed by atoms with Gasteiger partial charge in [0.25, 0.3) is 5.91 Å². The van der Waals surface area contributed by atoms with Gasteiger partial charge in [0.1, 0.15) is 5.71 Å². The summed E-state index contributed by atoms with van der Waals surface area (Å²) in [5.41, 5.74) is 1.10. The summed E-state index contributed by atoms with van der Waals surface area (Å²) >= 11 is 6.01. The minimum atomic E-state index is -4.65. The highest BCUT2D eigenvalue weighted by molar-refractivity contribution is 6.42. The van der Waals surface area contributed by atoms with Crippen molar-refractivity contribution in [3.63, 3.8) is 0 Å². The van der Waals surface area contributed by atoms with Crippen LogP contribution in [0.5, 0.6) is 6.01 Å². The molecule has 5 N–H and O–H groups in total. The molecular weight excluding hydrogens is 697 g/mol. The molecule has 5 rings (SSSR count). The van der Waals surface area contributed by atoms with E-state index in [-0.39, 0.29) is 17.5 Å². The number of carboxylic acids is 1. The maximum Gasteiger partial charge on any atom is 0.422 e. The maximum atomic E-state index is 12.9. The number of rotatable bonds is 12. The highest BCUT2D eigenvalue weighted by Gasteiger charge is 2.45. The van der Waals surface area contributed by atoms with Gasteiger partial charge in [-0.25, -0.2) is 9.79 Å². The lowest BCUT2D eigenvalue weighted by Crippen LogP contribution is -2.40. The Morgan fingerprint density at radius 2 is 1.51 bits per heavy atom. The quantitative estimate of drug-likeness (QED) is 0.0970. The molecule has 14 nitrogen and oxygen atoms in total. The number of aryl methyl sites for hydroxylation is 1. The van der Waals surface area contributed by atoms with Crippen LogP contribution in [-0.4, -0.2) is 68.8 Å². The molecule has 0 spiro atoms. The van der Waals surface area contributed by atoms with Crippen LogP contribution in [-0.2, 0) is 19.9 Å². The third-order valence-corrected chi connectivity index (χ3v) is 7.53. The molecule has 0 bridgehead atoms. The molecule has 4 aromatic rings. The van der Waals surface area contributed by atoms with Crippen molar-refractivity contribution in [3.8, 4) is 6.01 Å². The normalized spacial score (nSPS) is 13.5. The highest BCUT2D eigenvalue weighted by Crippen LogP contribution is 2.48. The third-order valence-electron chi connectivity index (χ3n) is 7.28. The first-order valence-corrected chi connectivity index (χ1v) is 15.4. The monoisotopic (exact) mass is 724 g/mol. The van der Waals surface area contributed by atoms with Gasteiger partial charge in [-0.1, -0.05) is 41.4 Å². The van der Waals surface area contributed by atoms with Crippen LogP contribution in [0.3, 0.4) is 0 Å². The number of carbonyl (C=O) groups excluding carboxylic acids is 3. The number of nitrogens with one attached hydrogen (secondary N) is 4. The Bertz CT molecular complexity index is 1970. The molecular formula is C33H28ClF3N8O6. The van der Waals surface area contributed by atoms with E-state index in [2.05, 4.69) is 41.2 Å². The van der Waals surface area contributed by atoms with E-state index < -0.39 is 60.3 Å². The Hall–Kier alpha value is -6.10. The molecule has 0 unspecified atom stereocenters. The van der Waals surface area contributed by atoms with Gasteiger partial charge in [0.2, 0.25) is 11.9 Å². The number of amides is 3. The number of aromatic nitrogens is 3. The number of hydrogen-bond donors (Lipinski definition) is 5. The first-order chi connectivity index (χ1) is 24.2. The SMILES string of the molecule is Cc1ccc(NC(=O)C(=O)NCC(=NC(=O)c2ccc(Nc3nc(NC4(c5ccc(Cl)cc5)CC4)nc(OCC(F)(F)F)n3)cc2)C(=O)O)cc1. The van der Waals surface area contributed by atoms with Crippen LogP contribution in [0.25, 0.3) is 0 Å². The molecule has 3 amide bonds. The molecule has 51 heavy (non-hydrogen) atoms. The summed E-state index contributed by atoms with van der Waals surface area (Å²) in [5, 5.41) is 20.5. The van der Waals surface area contributed by atoms with Crippen molar-refractivity contribution in [2.45, 2.75) is 31.5 Å². The van der Waals surface area contributed by atoms with Gasteiger partial charge in [0, 0.05) is 22.0 Å². The van der Waals surface area contributed by atoms with E-state index in [0.29, 0.717) is 29.2 Å². The van der Waals surface area contributed by atoms with Crippen molar-refractivity contribution >= 4 is 64.3 Å².